The number of thiophene rings is 1. The zero-order valence-corrected chi connectivity index (χ0v) is 15.3. The lowest BCUT2D eigenvalue weighted by Gasteiger charge is -2.30. The van der Waals surface area contributed by atoms with Crippen molar-refractivity contribution in [2.45, 2.75) is 23.8 Å². The summed E-state index contributed by atoms with van der Waals surface area (Å²) in [6.07, 6.45) is 1.69. The number of piperidine rings is 1. The van der Waals surface area contributed by atoms with Crippen molar-refractivity contribution in [1.82, 2.24) is 9.62 Å². The average Bonchev–Trinajstić information content (AvgIpc) is 2.91. The van der Waals surface area contributed by atoms with E-state index < -0.39 is 10.0 Å². The van der Waals surface area contributed by atoms with Crippen LogP contribution in [0.2, 0.25) is 5.02 Å². The lowest BCUT2D eigenvalue weighted by molar-refractivity contribution is 0.296. The predicted molar refractivity (Wildman–Crippen MR) is 94.9 cm³/mol. The normalized spacial score (nSPS) is 16.9. The third-order valence-corrected chi connectivity index (χ3v) is 7.28. The maximum atomic E-state index is 12.9. The first-order chi connectivity index (χ1) is 10.00. The molecule has 122 valence electrons. The number of nitrogens with one attached hydrogen (secondary N) is 1. The summed E-state index contributed by atoms with van der Waals surface area (Å²) < 4.78 is 28.2. The van der Waals surface area contributed by atoms with Crippen LogP contribution in [0.4, 0.5) is 0 Å². The van der Waals surface area contributed by atoms with Gasteiger partial charge in [-0.1, -0.05) is 11.6 Å². The minimum absolute atomic E-state index is 0. The summed E-state index contributed by atoms with van der Waals surface area (Å²) in [5.74, 6) is 0. The van der Waals surface area contributed by atoms with E-state index in [1.165, 1.54) is 15.6 Å². The fourth-order valence-corrected chi connectivity index (χ4v) is 5.73. The standard InChI is InChI=1S/C14H17ClN2O2S2.ClH/c1-17(11-4-6-16-7-5-11)21(18,19)14-9-20-13-3-2-10(15)8-12(13)14;/h2-3,8-9,11,16H,4-7H2,1H3;1H. The molecule has 1 aliphatic heterocycles. The van der Waals surface area contributed by atoms with Gasteiger partial charge in [0, 0.05) is 33.6 Å². The van der Waals surface area contributed by atoms with Crippen LogP contribution in [0.5, 0.6) is 0 Å². The van der Waals surface area contributed by atoms with Gasteiger partial charge in [0.15, 0.2) is 0 Å². The average molecular weight is 381 g/mol. The summed E-state index contributed by atoms with van der Waals surface area (Å²) >= 11 is 7.45. The van der Waals surface area contributed by atoms with E-state index in [-0.39, 0.29) is 18.4 Å². The van der Waals surface area contributed by atoms with E-state index in [2.05, 4.69) is 5.32 Å². The molecule has 1 N–H and O–H groups in total. The molecule has 0 atom stereocenters. The molecule has 1 aliphatic rings. The SMILES string of the molecule is CN(C1CCNCC1)S(=O)(=O)c1csc2ccc(Cl)cc12.Cl. The van der Waals surface area contributed by atoms with Crippen molar-refractivity contribution < 1.29 is 8.42 Å². The molecular formula is C14H18Cl2N2O2S2. The summed E-state index contributed by atoms with van der Waals surface area (Å²) in [6.45, 7) is 1.72. The minimum Gasteiger partial charge on any atom is -0.317 e. The fourth-order valence-electron chi connectivity index (χ4n) is 2.70. The molecule has 0 bridgehead atoms. The van der Waals surface area contributed by atoms with E-state index >= 15 is 0 Å². The molecule has 1 aromatic heterocycles. The van der Waals surface area contributed by atoms with Crippen LogP contribution in [-0.4, -0.2) is 38.9 Å². The number of hydrogen-bond donors (Lipinski definition) is 1. The van der Waals surface area contributed by atoms with E-state index in [9.17, 15) is 8.42 Å². The number of hydrogen-bond acceptors (Lipinski definition) is 4. The van der Waals surface area contributed by atoms with Gasteiger partial charge in [-0.05, 0) is 44.1 Å². The van der Waals surface area contributed by atoms with Crippen LogP contribution >= 0.6 is 35.3 Å². The highest BCUT2D eigenvalue weighted by Crippen LogP contribution is 2.34. The van der Waals surface area contributed by atoms with Crippen LogP contribution in [-0.2, 0) is 10.0 Å². The number of benzene rings is 1. The molecule has 0 aliphatic carbocycles. The lowest BCUT2D eigenvalue weighted by atomic mass is 10.1. The molecule has 0 spiro atoms. The van der Waals surface area contributed by atoms with Crippen LogP contribution in [0.1, 0.15) is 12.8 Å². The fraction of sp³-hybridized carbons (Fsp3) is 0.429. The van der Waals surface area contributed by atoms with E-state index in [0.717, 1.165) is 30.6 Å². The Hall–Kier alpha value is -0.370. The molecule has 22 heavy (non-hydrogen) atoms. The molecule has 0 amide bonds. The van der Waals surface area contributed by atoms with Gasteiger partial charge in [-0.3, -0.25) is 0 Å². The Balaban J connectivity index is 0.00000176. The van der Waals surface area contributed by atoms with Gasteiger partial charge in [-0.15, -0.1) is 23.7 Å². The monoisotopic (exact) mass is 380 g/mol. The first-order valence-corrected chi connectivity index (χ1v) is 9.55. The predicted octanol–water partition coefficient (Wildman–Crippen LogP) is 3.35. The van der Waals surface area contributed by atoms with E-state index in [4.69, 9.17) is 11.6 Å². The Kier molecular flexibility index (Phi) is 5.74. The van der Waals surface area contributed by atoms with Crippen LogP contribution in [0, 0.1) is 0 Å². The number of sulfonamides is 1. The second-order valence-corrected chi connectivity index (χ2v) is 8.56. The van der Waals surface area contributed by atoms with Crippen LogP contribution < -0.4 is 5.32 Å². The van der Waals surface area contributed by atoms with Gasteiger partial charge in [0.25, 0.3) is 0 Å². The van der Waals surface area contributed by atoms with Crippen LogP contribution in [0.3, 0.4) is 0 Å². The molecule has 3 rings (SSSR count). The quantitative estimate of drug-likeness (QED) is 0.887. The van der Waals surface area contributed by atoms with Gasteiger partial charge in [-0.25, -0.2) is 8.42 Å². The molecule has 1 fully saturated rings. The molecule has 0 saturated carbocycles. The van der Waals surface area contributed by atoms with Crippen LogP contribution in [0.25, 0.3) is 10.1 Å². The van der Waals surface area contributed by atoms with Crippen molar-refractivity contribution in [2.75, 3.05) is 20.1 Å². The van der Waals surface area contributed by atoms with Gasteiger partial charge in [0.2, 0.25) is 10.0 Å². The Bertz CT molecular complexity index is 755. The smallest absolute Gasteiger partial charge is 0.244 e. The first kappa shape index (κ1) is 18.0. The maximum Gasteiger partial charge on any atom is 0.244 e. The molecule has 0 radical (unpaired) electrons. The number of nitrogens with zero attached hydrogens (tertiary/aromatic N) is 1. The highest BCUT2D eigenvalue weighted by atomic mass is 35.5. The molecule has 1 aromatic carbocycles. The lowest BCUT2D eigenvalue weighted by Crippen LogP contribution is -2.43. The van der Waals surface area contributed by atoms with Gasteiger partial charge < -0.3 is 5.32 Å². The Labute approximate surface area is 145 Å². The summed E-state index contributed by atoms with van der Waals surface area (Å²) in [7, 11) is -1.80. The summed E-state index contributed by atoms with van der Waals surface area (Å²) in [6, 6.07) is 5.45. The summed E-state index contributed by atoms with van der Waals surface area (Å²) in [4.78, 5) is 0.367. The van der Waals surface area contributed by atoms with Gasteiger partial charge in [-0.2, -0.15) is 4.31 Å². The van der Waals surface area contributed by atoms with Gasteiger partial charge in [0.1, 0.15) is 4.90 Å². The molecule has 4 nitrogen and oxygen atoms in total. The maximum absolute atomic E-state index is 12.9. The van der Waals surface area contributed by atoms with E-state index in [1.54, 1.807) is 24.6 Å². The van der Waals surface area contributed by atoms with Gasteiger partial charge >= 0.3 is 0 Å². The summed E-state index contributed by atoms with van der Waals surface area (Å²) in [5, 5.41) is 6.25. The molecule has 1 saturated heterocycles. The summed E-state index contributed by atoms with van der Waals surface area (Å²) in [5.41, 5.74) is 0. The second-order valence-electron chi connectivity index (χ2n) is 5.24. The third-order valence-electron chi connectivity index (χ3n) is 3.98. The van der Waals surface area contributed by atoms with Crippen molar-refractivity contribution in [3.05, 3.63) is 28.6 Å². The third kappa shape index (κ3) is 3.27. The Morgan fingerprint density at radius 3 is 2.68 bits per heavy atom. The number of rotatable bonds is 3. The van der Waals surface area contributed by atoms with E-state index in [0.29, 0.717) is 15.3 Å². The van der Waals surface area contributed by atoms with Crippen molar-refractivity contribution in [3.8, 4) is 0 Å². The van der Waals surface area contributed by atoms with Crippen molar-refractivity contribution >= 4 is 55.5 Å². The van der Waals surface area contributed by atoms with E-state index in [1.807, 2.05) is 6.07 Å². The topological polar surface area (TPSA) is 49.4 Å². The zero-order valence-electron chi connectivity index (χ0n) is 12.1. The molecular weight excluding hydrogens is 363 g/mol. The molecule has 2 aromatic rings. The van der Waals surface area contributed by atoms with Crippen molar-refractivity contribution in [3.63, 3.8) is 0 Å². The Morgan fingerprint density at radius 2 is 2.00 bits per heavy atom. The number of fused-ring (bicyclic) bond motifs is 1. The first-order valence-electron chi connectivity index (χ1n) is 6.85. The second kappa shape index (κ2) is 7.03. The van der Waals surface area contributed by atoms with Crippen molar-refractivity contribution in [1.29, 1.82) is 0 Å². The van der Waals surface area contributed by atoms with Crippen molar-refractivity contribution in [2.24, 2.45) is 0 Å². The van der Waals surface area contributed by atoms with Gasteiger partial charge in [0.05, 0.1) is 0 Å². The minimum atomic E-state index is -3.48. The highest BCUT2D eigenvalue weighted by Gasteiger charge is 2.30. The number of halogens is 2. The van der Waals surface area contributed by atoms with Crippen LogP contribution in [0.15, 0.2) is 28.5 Å². The highest BCUT2D eigenvalue weighted by molar-refractivity contribution is 7.89. The zero-order chi connectivity index (χ0) is 15.0. The molecule has 8 heteroatoms. The Morgan fingerprint density at radius 1 is 1.32 bits per heavy atom. The largest absolute Gasteiger partial charge is 0.317 e. The molecule has 0 unspecified atom stereocenters. The molecule has 2 heterocycles.